The second-order valence-electron chi connectivity index (χ2n) is 4.31. The van der Waals surface area contributed by atoms with E-state index in [-0.39, 0.29) is 5.91 Å². The summed E-state index contributed by atoms with van der Waals surface area (Å²) in [5.74, 6) is 0.0676. The Morgan fingerprint density at radius 3 is 3.19 bits per heavy atom. The highest BCUT2D eigenvalue weighted by Gasteiger charge is 2.28. The molecule has 16 heavy (non-hydrogen) atoms. The molecule has 1 saturated heterocycles. The molecule has 2 atom stereocenters. The number of likely N-dealkylation sites (tertiary alicyclic amines) is 1. The Kier molecular flexibility index (Phi) is 3.56. The average molecular weight is 239 g/mol. The largest absolute Gasteiger partial charge is 0.339 e. The molecule has 0 saturated carbocycles. The Balaban J connectivity index is 1.94. The zero-order valence-electron chi connectivity index (χ0n) is 9.43. The van der Waals surface area contributed by atoms with E-state index in [4.69, 9.17) is 5.73 Å². The highest BCUT2D eigenvalue weighted by molar-refractivity contribution is 7.07. The lowest BCUT2D eigenvalue weighted by molar-refractivity contribution is -0.133. The summed E-state index contributed by atoms with van der Waals surface area (Å²) in [5, 5.41) is 1.94. The quantitative estimate of drug-likeness (QED) is 0.857. The molecule has 1 unspecified atom stereocenters. The van der Waals surface area contributed by atoms with E-state index in [9.17, 15) is 4.79 Å². The van der Waals surface area contributed by atoms with Gasteiger partial charge in [-0.05, 0) is 19.8 Å². The van der Waals surface area contributed by atoms with Crippen LogP contribution in [0.2, 0.25) is 0 Å². The molecule has 4 nitrogen and oxygen atoms in total. The molecule has 0 aliphatic carbocycles. The molecule has 0 aromatic carbocycles. The van der Waals surface area contributed by atoms with Crippen molar-refractivity contribution in [1.82, 2.24) is 9.88 Å². The summed E-state index contributed by atoms with van der Waals surface area (Å²) in [5.41, 5.74) is 8.61. The standard InChI is InChI=1S/C11H17N3OS/c1-8-3-2-4-14(8)11(15)10(12)5-9-6-16-7-13-9/h6-8,10H,2-5,12H2,1H3/t8-,10?/m1/s1. The van der Waals surface area contributed by atoms with Crippen molar-refractivity contribution in [1.29, 1.82) is 0 Å². The number of hydrogen-bond donors (Lipinski definition) is 1. The van der Waals surface area contributed by atoms with Gasteiger partial charge >= 0.3 is 0 Å². The molecule has 2 heterocycles. The normalized spacial score (nSPS) is 22.4. The van der Waals surface area contributed by atoms with Gasteiger partial charge in [0.2, 0.25) is 5.91 Å². The Morgan fingerprint density at radius 1 is 1.81 bits per heavy atom. The highest BCUT2D eigenvalue weighted by atomic mass is 32.1. The summed E-state index contributed by atoms with van der Waals surface area (Å²) in [6, 6.07) is -0.100. The molecule has 88 valence electrons. The predicted molar refractivity (Wildman–Crippen MR) is 64.2 cm³/mol. The first-order valence-corrected chi connectivity index (χ1v) is 6.56. The van der Waals surface area contributed by atoms with Gasteiger partial charge in [0.1, 0.15) is 0 Å². The minimum absolute atomic E-state index is 0.0676. The van der Waals surface area contributed by atoms with Crippen molar-refractivity contribution in [2.75, 3.05) is 6.54 Å². The van der Waals surface area contributed by atoms with Gasteiger partial charge in [-0.3, -0.25) is 4.79 Å². The van der Waals surface area contributed by atoms with Crippen LogP contribution in [-0.4, -0.2) is 34.4 Å². The summed E-state index contributed by atoms with van der Waals surface area (Å²) in [6.45, 7) is 2.94. The van der Waals surface area contributed by atoms with E-state index in [2.05, 4.69) is 11.9 Å². The number of carbonyl (C=O) groups excluding carboxylic acids is 1. The third-order valence-electron chi connectivity index (χ3n) is 3.07. The van der Waals surface area contributed by atoms with Crippen molar-refractivity contribution in [3.8, 4) is 0 Å². The van der Waals surface area contributed by atoms with Crippen LogP contribution in [0.5, 0.6) is 0 Å². The van der Waals surface area contributed by atoms with Crippen molar-refractivity contribution in [3.63, 3.8) is 0 Å². The summed E-state index contributed by atoms with van der Waals surface area (Å²) >= 11 is 1.53. The van der Waals surface area contributed by atoms with Gasteiger partial charge < -0.3 is 10.6 Å². The molecule has 0 spiro atoms. The zero-order valence-corrected chi connectivity index (χ0v) is 10.2. The van der Waals surface area contributed by atoms with Gasteiger partial charge in [0.15, 0.2) is 0 Å². The Labute approximate surface area is 99.5 Å². The van der Waals surface area contributed by atoms with E-state index >= 15 is 0 Å². The molecular weight excluding hydrogens is 222 g/mol. The highest BCUT2D eigenvalue weighted by Crippen LogP contribution is 2.17. The maximum absolute atomic E-state index is 12.1. The second-order valence-corrected chi connectivity index (χ2v) is 5.03. The molecular formula is C11H17N3OS. The first-order valence-electron chi connectivity index (χ1n) is 5.61. The first kappa shape index (κ1) is 11.5. The van der Waals surface area contributed by atoms with Crippen LogP contribution < -0.4 is 5.73 Å². The molecule has 2 N–H and O–H groups in total. The second kappa shape index (κ2) is 4.93. The van der Waals surface area contributed by atoms with Crippen LogP contribution in [0.25, 0.3) is 0 Å². The van der Waals surface area contributed by atoms with Crippen LogP contribution in [0.15, 0.2) is 10.9 Å². The monoisotopic (exact) mass is 239 g/mol. The van der Waals surface area contributed by atoms with Gasteiger partial charge in [0.05, 0.1) is 17.2 Å². The van der Waals surface area contributed by atoms with Gasteiger partial charge in [-0.25, -0.2) is 4.98 Å². The fraction of sp³-hybridized carbons (Fsp3) is 0.636. The summed E-state index contributed by atoms with van der Waals surface area (Å²) in [4.78, 5) is 18.1. The number of carbonyl (C=O) groups is 1. The van der Waals surface area contributed by atoms with Crippen LogP contribution in [0, 0.1) is 0 Å². The van der Waals surface area contributed by atoms with E-state index < -0.39 is 6.04 Å². The van der Waals surface area contributed by atoms with Crippen LogP contribution in [0.3, 0.4) is 0 Å². The number of rotatable bonds is 3. The van der Waals surface area contributed by atoms with Gasteiger partial charge in [0.25, 0.3) is 0 Å². The predicted octanol–water partition coefficient (Wildman–Crippen LogP) is 1.02. The molecule has 1 aliphatic heterocycles. The fourth-order valence-electron chi connectivity index (χ4n) is 2.12. The van der Waals surface area contributed by atoms with E-state index in [1.54, 1.807) is 5.51 Å². The third-order valence-corrected chi connectivity index (χ3v) is 3.70. The van der Waals surface area contributed by atoms with E-state index in [0.29, 0.717) is 12.5 Å². The van der Waals surface area contributed by atoms with Crippen molar-refractivity contribution >= 4 is 17.2 Å². The Morgan fingerprint density at radius 2 is 2.62 bits per heavy atom. The third kappa shape index (κ3) is 2.41. The SMILES string of the molecule is C[C@@H]1CCCN1C(=O)C(N)Cc1cscn1. The molecule has 1 amide bonds. The topological polar surface area (TPSA) is 59.2 Å². The molecule has 0 bridgehead atoms. The van der Waals surface area contributed by atoms with Crippen molar-refractivity contribution < 1.29 is 4.79 Å². The fourth-order valence-corrected chi connectivity index (χ4v) is 2.70. The number of aromatic nitrogens is 1. The van der Waals surface area contributed by atoms with Crippen molar-refractivity contribution in [2.24, 2.45) is 5.73 Å². The lowest BCUT2D eigenvalue weighted by Crippen LogP contribution is -2.46. The van der Waals surface area contributed by atoms with E-state index in [1.807, 2.05) is 10.3 Å². The van der Waals surface area contributed by atoms with E-state index in [1.165, 1.54) is 11.3 Å². The lowest BCUT2D eigenvalue weighted by atomic mass is 10.1. The molecule has 5 heteroatoms. The van der Waals surface area contributed by atoms with Crippen LogP contribution >= 0.6 is 11.3 Å². The minimum atomic E-state index is -0.442. The zero-order chi connectivity index (χ0) is 11.5. The maximum atomic E-state index is 12.1. The number of hydrogen-bond acceptors (Lipinski definition) is 4. The van der Waals surface area contributed by atoms with Crippen LogP contribution in [0.1, 0.15) is 25.5 Å². The number of amides is 1. The van der Waals surface area contributed by atoms with Crippen molar-refractivity contribution in [2.45, 2.75) is 38.3 Å². The smallest absolute Gasteiger partial charge is 0.240 e. The summed E-state index contributed by atoms with van der Waals surface area (Å²) in [6.07, 6.45) is 2.73. The van der Waals surface area contributed by atoms with Crippen molar-refractivity contribution in [3.05, 3.63) is 16.6 Å². The molecule has 2 rings (SSSR count). The summed E-state index contributed by atoms with van der Waals surface area (Å²) < 4.78 is 0. The molecule has 1 aromatic rings. The average Bonchev–Trinajstić information content (AvgIpc) is 2.88. The van der Waals surface area contributed by atoms with E-state index in [0.717, 1.165) is 25.1 Å². The van der Waals surface area contributed by atoms with Gasteiger partial charge in [0, 0.05) is 24.4 Å². The maximum Gasteiger partial charge on any atom is 0.240 e. The Hall–Kier alpha value is -0.940. The lowest BCUT2D eigenvalue weighted by Gasteiger charge is -2.24. The van der Waals surface area contributed by atoms with Crippen LogP contribution in [-0.2, 0) is 11.2 Å². The van der Waals surface area contributed by atoms with Gasteiger partial charge in [-0.2, -0.15) is 0 Å². The first-order chi connectivity index (χ1) is 7.68. The molecule has 1 aliphatic rings. The number of thiazole rings is 1. The van der Waals surface area contributed by atoms with Crippen LogP contribution in [0.4, 0.5) is 0 Å². The number of nitrogens with two attached hydrogens (primary N) is 1. The Bertz CT molecular complexity index is 352. The molecule has 1 fully saturated rings. The molecule has 0 radical (unpaired) electrons. The van der Waals surface area contributed by atoms with Gasteiger partial charge in [-0.1, -0.05) is 0 Å². The van der Waals surface area contributed by atoms with Gasteiger partial charge in [-0.15, -0.1) is 11.3 Å². The number of nitrogens with zero attached hydrogens (tertiary/aromatic N) is 2. The summed E-state index contributed by atoms with van der Waals surface area (Å²) in [7, 11) is 0. The molecule has 1 aromatic heterocycles. The minimum Gasteiger partial charge on any atom is -0.339 e.